The van der Waals surface area contributed by atoms with Crippen molar-refractivity contribution in [2.45, 2.75) is 44.4 Å². The van der Waals surface area contributed by atoms with Crippen molar-refractivity contribution in [3.8, 4) is 0 Å². The standard InChI is InChI=1S/C21H28FN5O5S/c22-18-7-15(12-32-33(23,29)30)8-19(18)26-21-17(9-24-13-25-21)20(28)16-1-4-27(11-16)10-14-2-5-31-6-3-14/h1,4,9,11,13-15,18-19H,2-3,5-8,10,12H2,(H2,23,29,30)(H,24,25,26). The molecule has 3 heterocycles. The highest BCUT2D eigenvalue weighted by Gasteiger charge is 2.36. The van der Waals surface area contributed by atoms with Crippen molar-refractivity contribution in [3.63, 3.8) is 0 Å². The lowest BCUT2D eigenvalue weighted by Crippen LogP contribution is -2.27. The molecule has 180 valence electrons. The average molecular weight is 482 g/mol. The number of anilines is 1. The third kappa shape index (κ3) is 6.34. The molecule has 10 nitrogen and oxygen atoms in total. The summed E-state index contributed by atoms with van der Waals surface area (Å²) in [7, 11) is -4.08. The first-order valence-electron chi connectivity index (χ1n) is 10.9. The van der Waals surface area contributed by atoms with Crippen LogP contribution in [0.2, 0.25) is 0 Å². The summed E-state index contributed by atoms with van der Waals surface area (Å²) in [5.41, 5.74) is 0.750. The van der Waals surface area contributed by atoms with Crippen LogP contribution >= 0.6 is 0 Å². The molecule has 3 N–H and O–H groups in total. The topological polar surface area (TPSA) is 138 Å². The molecule has 12 heteroatoms. The number of alkyl halides is 1. The largest absolute Gasteiger partial charge is 0.381 e. The first kappa shape index (κ1) is 23.7. The summed E-state index contributed by atoms with van der Waals surface area (Å²) in [5.74, 6) is 0.177. The molecule has 0 aromatic carbocycles. The smallest absolute Gasteiger partial charge is 0.333 e. The van der Waals surface area contributed by atoms with Gasteiger partial charge in [0.25, 0.3) is 0 Å². The minimum absolute atomic E-state index is 0.122. The van der Waals surface area contributed by atoms with E-state index in [1.54, 1.807) is 6.07 Å². The third-order valence-electron chi connectivity index (χ3n) is 6.15. The Morgan fingerprint density at radius 3 is 2.85 bits per heavy atom. The second kappa shape index (κ2) is 10.2. The fraction of sp³-hybridized carbons (Fsp3) is 0.571. The van der Waals surface area contributed by atoms with E-state index in [-0.39, 0.29) is 36.1 Å². The number of nitrogens with two attached hydrogens (primary N) is 1. The van der Waals surface area contributed by atoms with Gasteiger partial charge in [-0.1, -0.05) is 0 Å². The molecule has 0 radical (unpaired) electrons. The lowest BCUT2D eigenvalue weighted by Gasteiger charge is -2.22. The van der Waals surface area contributed by atoms with Crippen LogP contribution in [0.4, 0.5) is 10.2 Å². The number of nitrogens with zero attached hydrogens (tertiary/aromatic N) is 3. The molecule has 0 spiro atoms. The molecular formula is C21H28FN5O5S. The zero-order valence-corrected chi connectivity index (χ0v) is 18.9. The first-order chi connectivity index (χ1) is 15.8. The fourth-order valence-corrected chi connectivity index (χ4v) is 4.80. The second-order valence-corrected chi connectivity index (χ2v) is 9.87. The number of ketones is 1. The monoisotopic (exact) mass is 481 g/mol. The van der Waals surface area contributed by atoms with Crippen LogP contribution in [0.5, 0.6) is 0 Å². The maximum absolute atomic E-state index is 14.6. The Morgan fingerprint density at radius 1 is 1.30 bits per heavy atom. The number of hydrogen-bond acceptors (Lipinski definition) is 8. The molecule has 2 aliphatic rings. The van der Waals surface area contributed by atoms with Crippen LogP contribution in [0, 0.1) is 11.8 Å². The molecule has 3 atom stereocenters. The molecule has 1 saturated heterocycles. The molecule has 33 heavy (non-hydrogen) atoms. The summed E-state index contributed by atoms with van der Waals surface area (Å²) < 4.78 is 48.6. The maximum atomic E-state index is 14.6. The van der Waals surface area contributed by atoms with Crippen LogP contribution in [-0.2, 0) is 25.8 Å². The molecule has 0 amide bonds. The minimum Gasteiger partial charge on any atom is -0.381 e. The predicted octanol–water partition coefficient (Wildman–Crippen LogP) is 1.68. The van der Waals surface area contributed by atoms with Gasteiger partial charge in [0.15, 0.2) is 5.78 Å². The Kier molecular flexibility index (Phi) is 7.37. The highest BCUT2D eigenvalue weighted by Crippen LogP contribution is 2.32. The van der Waals surface area contributed by atoms with E-state index in [4.69, 9.17) is 9.88 Å². The van der Waals surface area contributed by atoms with E-state index in [9.17, 15) is 17.6 Å². The Hall–Kier alpha value is -2.41. The average Bonchev–Trinajstić information content (AvgIpc) is 3.39. The Labute approximate surface area is 191 Å². The summed E-state index contributed by atoms with van der Waals surface area (Å²) in [4.78, 5) is 21.3. The number of carbonyl (C=O) groups excluding carboxylic acids is 1. The fourth-order valence-electron chi connectivity index (χ4n) is 4.42. The van der Waals surface area contributed by atoms with Crippen LogP contribution in [0.1, 0.15) is 41.6 Å². The molecule has 1 aliphatic carbocycles. The van der Waals surface area contributed by atoms with Crippen LogP contribution in [0.25, 0.3) is 0 Å². The van der Waals surface area contributed by atoms with Crippen molar-refractivity contribution in [1.82, 2.24) is 14.5 Å². The number of ether oxygens (including phenoxy) is 1. The summed E-state index contributed by atoms with van der Waals surface area (Å²) in [6, 6.07) is 1.12. The normalized spacial score (nSPS) is 24.1. The van der Waals surface area contributed by atoms with Crippen molar-refractivity contribution in [3.05, 3.63) is 42.1 Å². The van der Waals surface area contributed by atoms with Gasteiger partial charge in [0, 0.05) is 43.9 Å². The van der Waals surface area contributed by atoms with Crippen molar-refractivity contribution >= 4 is 21.9 Å². The molecule has 2 fully saturated rings. The van der Waals surface area contributed by atoms with Crippen LogP contribution in [0.3, 0.4) is 0 Å². The van der Waals surface area contributed by atoms with E-state index >= 15 is 0 Å². The quantitative estimate of drug-likeness (QED) is 0.516. The lowest BCUT2D eigenvalue weighted by atomic mass is 10.0. The number of nitrogens with one attached hydrogen (secondary N) is 1. The number of rotatable bonds is 9. The molecule has 1 saturated carbocycles. The van der Waals surface area contributed by atoms with Gasteiger partial charge in [-0.05, 0) is 43.6 Å². The highest BCUT2D eigenvalue weighted by molar-refractivity contribution is 7.84. The van der Waals surface area contributed by atoms with Crippen molar-refractivity contribution in [1.29, 1.82) is 0 Å². The molecule has 4 rings (SSSR count). The van der Waals surface area contributed by atoms with E-state index in [2.05, 4.69) is 19.5 Å². The van der Waals surface area contributed by atoms with E-state index in [1.165, 1.54) is 12.5 Å². The van der Waals surface area contributed by atoms with Crippen molar-refractivity contribution in [2.75, 3.05) is 25.1 Å². The molecular weight excluding hydrogens is 453 g/mol. The molecule has 1 aliphatic heterocycles. The summed E-state index contributed by atoms with van der Waals surface area (Å²) in [6.07, 6.45) is 7.57. The Bertz CT molecular complexity index is 1070. The molecule has 2 aromatic rings. The van der Waals surface area contributed by atoms with Crippen LogP contribution < -0.4 is 10.5 Å². The summed E-state index contributed by atoms with van der Waals surface area (Å²) >= 11 is 0. The van der Waals surface area contributed by atoms with Crippen LogP contribution in [-0.4, -0.2) is 60.8 Å². The number of halogens is 1. The minimum atomic E-state index is -4.08. The predicted molar refractivity (Wildman–Crippen MR) is 118 cm³/mol. The summed E-state index contributed by atoms with van der Waals surface area (Å²) in [5, 5.41) is 7.85. The van der Waals surface area contributed by atoms with Gasteiger partial charge in [-0.25, -0.2) is 19.5 Å². The van der Waals surface area contributed by atoms with Crippen molar-refractivity contribution < 1.29 is 26.5 Å². The maximum Gasteiger partial charge on any atom is 0.333 e. The lowest BCUT2D eigenvalue weighted by molar-refractivity contribution is 0.0613. The molecule has 0 bridgehead atoms. The number of carbonyl (C=O) groups is 1. The van der Waals surface area contributed by atoms with E-state index in [0.29, 0.717) is 17.9 Å². The van der Waals surface area contributed by atoms with E-state index in [0.717, 1.165) is 32.6 Å². The Balaban J connectivity index is 1.41. The highest BCUT2D eigenvalue weighted by atomic mass is 32.2. The SMILES string of the molecule is NS(=O)(=O)OCC1CC(F)C(Nc2ncncc2C(=O)c2ccn(CC3CCOCC3)c2)C1. The zero-order valence-electron chi connectivity index (χ0n) is 18.1. The van der Waals surface area contributed by atoms with Gasteiger partial charge < -0.3 is 14.6 Å². The summed E-state index contributed by atoms with van der Waals surface area (Å²) in [6.45, 7) is 2.16. The van der Waals surface area contributed by atoms with Gasteiger partial charge in [-0.2, -0.15) is 8.42 Å². The molecule has 3 unspecified atom stereocenters. The Morgan fingerprint density at radius 2 is 2.09 bits per heavy atom. The van der Waals surface area contributed by atoms with E-state index < -0.39 is 22.5 Å². The van der Waals surface area contributed by atoms with E-state index in [1.807, 2.05) is 17.0 Å². The van der Waals surface area contributed by atoms with Gasteiger partial charge >= 0.3 is 10.3 Å². The van der Waals surface area contributed by atoms with Gasteiger partial charge in [-0.15, -0.1) is 0 Å². The third-order valence-corrected chi connectivity index (χ3v) is 6.62. The first-order valence-corrected chi connectivity index (χ1v) is 12.4. The number of hydrogen-bond donors (Lipinski definition) is 2. The van der Waals surface area contributed by atoms with Gasteiger partial charge in [0.2, 0.25) is 0 Å². The van der Waals surface area contributed by atoms with Gasteiger partial charge in [-0.3, -0.25) is 8.98 Å². The second-order valence-electron chi connectivity index (χ2n) is 8.65. The number of aromatic nitrogens is 3. The van der Waals surface area contributed by atoms with Gasteiger partial charge in [0.1, 0.15) is 18.3 Å². The van der Waals surface area contributed by atoms with Crippen LogP contribution in [0.15, 0.2) is 31.0 Å². The van der Waals surface area contributed by atoms with Gasteiger partial charge in [0.05, 0.1) is 18.2 Å². The zero-order chi connectivity index (χ0) is 23.4. The van der Waals surface area contributed by atoms with Crippen molar-refractivity contribution in [2.24, 2.45) is 17.0 Å². The molecule has 2 aromatic heterocycles.